The lowest BCUT2D eigenvalue weighted by Crippen LogP contribution is -2.53. The summed E-state index contributed by atoms with van der Waals surface area (Å²) in [7, 11) is 1.82. The minimum Gasteiger partial charge on any atom is -0.394 e. The zero-order valence-electron chi connectivity index (χ0n) is 16.5. The van der Waals surface area contributed by atoms with Gasteiger partial charge in [-0.1, -0.05) is 0 Å². The Labute approximate surface area is 173 Å². The van der Waals surface area contributed by atoms with E-state index in [0.717, 1.165) is 48.3 Å². The van der Waals surface area contributed by atoms with Gasteiger partial charge in [0.1, 0.15) is 5.52 Å². The number of rotatable bonds is 2. The van der Waals surface area contributed by atoms with E-state index in [1.165, 1.54) is 0 Å². The highest BCUT2D eigenvalue weighted by Gasteiger charge is 2.36. The maximum Gasteiger partial charge on any atom is 0.371 e. The Balaban J connectivity index is 1.67. The molecule has 0 aromatic carbocycles. The van der Waals surface area contributed by atoms with Crippen LogP contribution >= 0.6 is 0 Å². The zero-order valence-corrected chi connectivity index (χ0v) is 16.5. The van der Waals surface area contributed by atoms with Crippen molar-refractivity contribution in [3.63, 3.8) is 0 Å². The number of nitrogens with one attached hydrogen (secondary N) is 1. The van der Waals surface area contributed by atoms with Crippen molar-refractivity contribution < 1.29 is 4.79 Å². The van der Waals surface area contributed by atoms with Gasteiger partial charge in [-0.05, 0) is 38.1 Å². The number of amides is 2. The third-order valence-corrected chi connectivity index (χ3v) is 5.65. The van der Waals surface area contributed by atoms with E-state index in [-0.39, 0.29) is 18.0 Å². The van der Waals surface area contributed by atoms with Gasteiger partial charge in [-0.3, -0.25) is 9.88 Å². The minimum atomic E-state index is -0.00107. The number of urea groups is 1. The van der Waals surface area contributed by atoms with E-state index in [1.54, 1.807) is 17.3 Å². The van der Waals surface area contributed by atoms with Gasteiger partial charge in [0.2, 0.25) is 0 Å². The second-order valence-corrected chi connectivity index (χ2v) is 7.57. The fourth-order valence-electron chi connectivity index (χ4n) is 4.15. The number of pyridine rings is 2. The van der Waals surface area contributed by atoms with E-state index in [0.29, 0.717) is 17.8 Å². The summed E-state index contributed by atoms with van der Waals surface area (Å²) in [5.74, 6) is 0.101. The molecule has 0 atom stereocenters. The standard InChI is InChI=1S/C21H20N8O/c1-22-20-25-9-13(10-26-20)16-3-4-17-18(27-16)19-14(11-24-17)12-28(2)21(30)29(19)15-5-7-23-8-6-15/h3-4,9-11,15,23H,5-8,12H2,2H3. The van der Waals surface area contributed by atoms with Gasteiger partial charge in [0, 0.05) is 24.8 Å². The normalized spacial score (nSPS) is 17.1. The molecule has 0 radical (unpaired) electrons. The van der Waals surface area contributed by atoms with E-state index in [4.69, 9.17) is 11.6 Å². The van der Waals surface area contributed by atoms with E-state index in [2.05, 4.69) is 25.1 Å². The Kier molecular flexibility index (Phi) is 4.48. The number of carbonyl (C=O) groups excluding carboxylic acids is 1. The summed E-state index contributed by atoms with van der Waals surface area (Å²) in [5, 5.41) is 3.37. The number of hydrogen-bond acceptors (Lipinski definition) is 6. The van der Waals surface area contributed by atoms with Gasteiger partial charge in [-0.25, -0.2) is 9.78 Å². The van der Waals surface area contributed by atoms with Crippen LogP contribution in [0.3, 0.4) is 0 Å². The molecule has 2 aliphatic heterocycles. The maximum absolute atomic E-state index is 13.2. The fraction of sp³-hybridized carbons (Fsp3) is 0.333. The van der Waals surface area contributed by atoms with E-state index >= 15 is 0 Å². The molecule has 5 heterocycles. The van der Waals surface area contributed by atoms with Crippen LogP contribution in [0.4, 0.5) is 16.4 Å². The van der Waals surface area contributed by atoms with Gasteiger partial charge in [-0.2, -0.15) is 9.97 Å². The number of fused-ring (bicyclic) bond motifs is 3. The summed E-state index contributed by atoms with van der Waals surface area (Å²) >= 11 is 0. The van der Waals surface area contributed by atoms with Crippen molar-refractivity contribution >= 4 is 28.7 Å². The molecule has 3 aromatic rings. The van der Waals surface area contributed by atoms with Gasteiger partial charge >= 0.3 is 12.0 Å². The maximum atomic E-state index is 13.2. The van der Waals surface area contributed by atoms with Gasteiger partial charge in [0.05, 0.1) is 41.4 Å². The topological polar surface area (TPSA) is 91.5 Å². The second kappa shape index (κ2) is 7.31. The highest BCUT2D eigenvalue weighted by atomic mass is 16.2. The van der Waals surface area contributed by atoms with Crippen molar-refractivity contribution in [2.45, 2.75) is 25.4 Å². The smallest absolute Gasteiger partial charge is 0.371 e. The third-order valence-electron chi connectivity index (χ3n) is 5.65. The second-order valence-electron chi connectivity index (χ2n) is 7.57. The molecule has 2 amide bonds. The van der Waals surface area contributed by atoms with Crippen molar-refractivity contribution in [3.8, 4) is 11.3 Å². The molecular formula is C21H20N8O. The first kappa shape index (κ1) is 18.4. The molecule has 150 valence electrons. The summed E-state index contributed by atoms with van der Waals surface area (Å²) < 4.78 is 0. The van der Waals surface area contributed by atoms with Crippen LogP contribution in [0.1, 0.15) is 18.4 Å². The van der Waals surface area contributed by atoms with Crippen LogP contribution in [0, 0.1) is 6.57 Å². The van der Waals surface area contributed by atoms with Gasteiger partial charge in [0.15, 0.2) is 0 Å². The van der Waals surface area contributed by atoms with Crippen molar-refractivity contribution in [3.05, 3.63) is 47.7 Å². The van der Waals surface area contributed by atoms with Crippen LogP contribution in [0.25, 0.3) is 27.1 Å². The lowest BCUT2D eigenvalue weighted by Gasteiger charge is -2.41. The molecule has 1 fully saturated rings. The fourth-order valence-corrected chi connectivity index (χ4v) is 4.15. The van der Waals surface area contributed by atoms with Crippen LogP contribution < -0.4 is 10.2 Å². The lowest BCUT2D eigenvalue weighted by atomic mass is 10.0. The van der Waals surface area contributed by atoms with Crippen LogP contribution in [0.15, 0.2) is 30.7 Å². The molecule has 2 aliphatic rings. The zero-order chi connectivity index (χ0) is 20.7. The average molecular weight is 400 g/mol. The van der Waals surface area contributed by atoms with Gasteiger partial charge in [0.25, 0.3) is 0 Å². The monoisotopic (exact) mass is 400 g/mol. The molecule has 0 unspecified atom stereocenters. The predicted molar refractivity (Wildman–Crippen MR) is 112 cm³/mol. The Hall–Kier alpha value is -3.64. The number of carbonyl (C=O) groups is 1. The first-order valence-electron chi connectivity index (χ1n) is 9.89. The number of anilines is 1. The van der Waals surface area contributed by atoms with E-state index in [9.17, 15) is 4.79 Å². The summed E-state index contributed by atoms with van der Waals surface area (Å²) in [6.07, 6.45) is 6.84. The Morgan fingerprint density at radius 3 is 2.63 bits per heavy atom. The van der Waals surface area contributed by atoms with Crippen molar-refractivity contribution in [1.29, 1.82) is 0 Å². The third kappa shape index (κ3) is 3.02. The highest BCUT2D eigenvalue weighted by Crippen LogP contribution is 2.37. The van der Waals surface area contributed by atoms with E-state index in [1.807, 2.05) is 30.3 Å². The first-order valence-corrected chi connectivity index (χ1v) is 9.89. The largest absolute Gasteiger partial charge is 0.394 e. The van der Waals surface area contributed by atoms with Crippen LogP contribution in [0.2, 0.25) is 0 Å². The molecule has 3 aromatic heterocycles. The van der Waals surface area contributed by atoms with Crippen LogP contribution in [-0.4, -0.2) is 57.0 Å². The molecule has 9 heteroatoms. The minimum absolute atomic E-state index is 0.00107. The molecule has 5 rings (SSSR count). The van der Waals surface area contributed by atoms with E-state index < -0.39 is 0 Å². The molecule has 0 saturated carbocycles. The summed E-state index contributed by atoms with van der Waals surface area (Å²) in [6, 6.07) is 3.89. The van der Waals surface area contributed by atoms with Crippen molar-refractivity contribution in [2.24, 2.45) is 0 Å². The lowest BCUT2D eigenvalue weighted by molar-refractivity contribution is 0.205. The van der Waals surface area contributed by atoms with Gasteiger partial charge in [-0.15, -0.1) is 6.57 Å². The quantitative estimate of drug-likeness (QED) is 0.665. The molecule has 9 nitrogen and oxygen atoms in total. The highest BCUT2D eigenvalue weighted by molar-refractivity contribution is 6.04. The van der Waals surface area contributed by atoms with Gasteiger partial charge < -0.3 is 15.1 Å². The molecule has 1 saturated heterocycles. The molecule has 1 N–H and O–H groups in total. The number of aromatic nitrogens is 4. The molecule has 30 heavy (non-hydrogen) atoms. The van der Waals surface area contributed by atoms with Crippen LogP contribution in [0.5, 0.6) is 0 Å². The Morgan fingerprint density at radius 2 is 1.90 bits per heavy atom. The first-order chi connectivity index (χ1) is 14.7. The SMILES string of the molecule is [C-]#[N+]c1ncc(-c2ccc3ncc4c(c3n2)N(C2CCNCC2)C(=O)N(C)C4)cn1. The average Bonchev–Trinajstić information content (AvgIpc) is 2.80. The summed E-state index contributed by atoms with van der Waals surface area (Å²) in [4.78, 5) is 37.6. The molecular weight excluding hydrogens is 380 g/mol. The summed E-state index contributed by atoms with van der Waals surface area (Å²) in [6.45, 7) is 9.30. The molecule has 0 spiro atoms. The molecule has 0 aliphatic carbocycles. The summed E-state index contributed by atoms with van der Waals surface area (Å²) in [5.41, 5.74) is 4.70. The number of nitrogens with zero attached hydrogens (tertiary/aromatic N) is 7. The Bertz CT molecular complexity index is 1160. The van der Waals surface area contributed by atoms with Crippen molar-refractivity contribution in [2.75, 3.05) is 25.0 Å². The molecule has 0 bridgehead atoms. The Morgan fingerprint density at radius 1 is 1.13 bits per heavy atom. The number of hydrogen-bond donors (Lipinski definition) is 1. The van der Waals surface area contributed by atoms with Crippen LogP contribution in [-0.2, 0) is 6.54 Å². The predicted octanol–water partition coefficient (Wildman–Crippen LogP) is 2.76. The number of piperidine rings is 1. The van der Waals surface area contributed by atoms with Crippen molar-refractivity contribution in [1.82, 2.24) is 30.2 Å².